The number of hydrogen-bond donors (Lipinski definition) is 1. The summed E-state index contributed by atoms with van der Waals surface area (Å²) in [6.45, 7) is 0. The van der Waals surface area contributed by atoms with Crippen molar-refractivity contribution in [2.24, 2.45) is 0 Å². The Hall–Kier alpha value is -2.91. The Balaban J connectivity index is 1.58. The van der Waals surface area contributed by atoms with Crippen molar-refractivity contribution in [3.63, 3.8) is 0 Å². The summed E-state index contributed by atoms with van der Waals surface area (Å²) < 4.78 is 10.9. The molecule has 28 heavy (non-hydrogen) atoms. The molecule has 0 aliphatic rings. The minimum atomic E-state index is -0.334. The first-order valence-electron chi connectivity index (χ1n) is 8.18. The lowest BCUT2D eigenvalue weighted by atomic mass is 10.1. The molecule has 0 unspecified atom stereocenters. The van der Waals surface area contributed by atoms with Gasteiger partial charge >= 0.3 is 0 Å². The zero-order chi connectivity index (χ0) is 19.9. The van der Waals surface area contributed by atoms with E-state index in [0.29, 0.717) is 32.1 Å². The molecule has 0 saturated heterocycles. The molecule has 1 aromatic heterocycles. The molecule has 1 amide bonds. The molecule has 0 bridgehead atoms. The maximum Gasteiger partial charge on any atom is 0.261 e. The number of para-hydroxylation sites is 1. The zero-order valence-corrected chi connectivity index (χ0v) is 16.8. The molecule has 0 fully saturated rings. The van der Waals surface area contributed by atoms with Gasteiger partial charge in [0, 0.05) is 5.56 Å². The molecule has 0 aliphatic carbocycles. The van der Waals surface area contributed by atoms with E-state index >= 15 is 0 Å². The summed E-state index contributed by atoms with van der Waals surface area (Å²) in [6.07, 6.45) is 0. The predicted molar refractivity (Wildman–Crippen MR) is 109 cm³/mol. The number of hydrogen-bond acceptors (Lipinski definition) is 8. The van der Waals surface area contributed by atoms with Crippen LogP contribution in [-0.2, 0) is 0 Å². The van der Waals surface area contributed by atoms with E-state index < -0.39 is 0 Å². The number of amides is 1. The third-order valence-electron chi connectivity index (χ3n) is 3.72. The van der Waals surface area contributed by atoms with Crippen molar-refractivity contribution in [3.05, 3.63) is 59.7 Å². The molecule has 0 spiro atoms. The van der Waals surface area contributed by atoms with Crippen LogP contribution in [0.3, 0.4) is 0 Å². The van der Waals surface area contributed by atoms with E-state index in [9.17, 15) is 9.59 Å². The Morgan fingerprint density at radius 2 is 1.79 bits per heavy atom. The van der Waals surface area contributed by atoms with Crippen LogP contribution in [0, 0.1) is 0 Å². The quantitative estimate of drug-likeness (QED) is 0.340. The number of methoxy groups -OCH3 is 2. The molecule has 0 radical (unpaired) electrons. The average molecular weight is 415 g/mol. The van der Waals surface area contributed by atoms with Crippen LogP contribution in [0.25, 0.3) is 0 Å². The summed E-state index contributed by atoms with van der Waals surface area (Å²) in [6, 6.07) is 13.8. The van der Waals surface area contributed by atoms with E-state index in [0.717, 1.165) is 0 Å². The number of thioether (sulfide) groups is 1. The summed E-state index contributed by atoms with van der Waals surface area (Å²) in [5, 5.41) is 11.0. The highest BCUT2D eigenvalue weighted by Gasteiger charge is 2.15. The van der Waals surface area contributed by atoms with Gasteiger partial charge in [-0.15, -0.1) is 10.2 Å². The van der Waals surface area contributed by atoms with Crippen LogP contribution in [0.5, 0.6) is 11.5 Å². The highest BCUT2D eigenvalue weighted by atomic mass is 32.2. The van der Waals surface area contributed by atoms with Gasteiger partial charge in [-0.3, -0.25) is 14.9 Å². The van der Waals surface area contributed by atoms with Crippen LogP contribution in [0.2, 0.25) is 0 Å². The third kappa shape index (κ3) is 4.87. The molecule has 0 saturated carbocycles. The fourth-order valence-electron chi connectivity index (χ4n) is 2.30. The molecule has 0 atom stereocenters. The fraction of sp³-hybridized carbons (Fsp3) is 0.158. The number of carbonyl (C=O) groups excluding carboxylic acids is 2. The van der Waals surface area contributed by atoms with Crippen molar-refractivity contribution >= 4 is 39.9 Å². The first kappa shape index (κ1) is 19.8. The van der Waals surface area contributed by atoms with Crippen molar-refractivity contribution in [1.82, 2.24) is 10.2 Å². The van der Waals surface area contributed by atoms with E-state index in [2.05, 4.69) is 15.5 Å². The molecule has 9 heteroatoms. The highest BCUT2D eigenvalue weighted by molar-refractivity contribution is 8.01. The highest BCUT2D eigenvalue weighted by Crippen LogP contribution is 2.27. The minimum Gasteiger partial charge on any atom is -0.497 e. The van der Waals surface area contributed by atoms with E-state index in [-0.39, 0.29) is 17.4 Å². The van der Waals surface area contributed by atoms with E-state index in [4.69, 9.17) is 9.47 Å². The molecule has 7 nitrogen and oxygen atoms in total. The lowest BCUT2D eigenvalue weighted by Crippen LogP contribution is -2.12. The minimum absolute atomic E-state index is 0.0255. The monoisotopic (exact) mass is 415 g/mol. The number of ketones is 1. The lowest BCUT2D eigenvalue weighted by molar-refractivity contribution is 0.101. The number of anilines is 1. The lowest BCUT2D eigenvalue weighted by Gasteiger charge is -2.06. The summed E-state index contributed by atoms with van der Waals surface area (Å²) in [7, 11) is 3.08. The number of nitrogens with one attached hydrogen (secondary N) is 1. The second kappa shape index (κ2) is 9.34. The van der Waals surface area contributed by atoms with Crippen LogP contribution in [-0.4, -0.2) is 41.9 Å². The number of rotatable bonds is 8. The first-order valence-corrected chi connectivity index (χ1v) is 9.99. The molecule has 0 aliphatic heterocycles. The molecular formula is C19H17N3O4S2. The van der Waals surface area contributed by atoms with Gasteiger partial charge in [0.2, 0.25) is 5.13 Å². The second-order valence-corrected chi connectivity index (χ2v) is 7.67. The van der Waals surface area contributed by atoms with Crippen LogP contribution < -0.4 is 14.8 Å². The normalized spacial score (nSPS) is 10.4. The summed E-state index contributed by atoms with van der Waals surface area (Å²) in [5.74, 6) is 1.04. The first-order chi connectivity index (χ1) is 13.6. The van der Waals surface area contributed by atoms with Crippen LogP contribution in [0.4, 0.5) is 5.13 Å². The topological polar surface area (TPSA) is 90.4 Å². The Morgan fingerprint density at radius 3 is 2.50 bits per heavy atom. The number of aromatic nitrogens is 2. The van der Waals surface area contributed by atoms with Crippen LogP contribution >= 0.6 is 23.1 Å². The maximum absolute atomic E-state index is 12.4. The Bertz CT molecular complexity index is 973. The van der Waals surface area contributed by atoms with Gasteiger partial charge in [0.1, 0.15) is 11.5 Å². The van der Waals surface area contributed by atoms with Gasteiger partial charge in [-0.2, -0.15) is 0 Å². The van der Waals surface area contributed by atoms with Gasteiger partial charge in [0.05, 0.1) is 25.5 Å². The second-order valence-electron chi connectivity index (χ2n) is 5.47. The van der Waals surface area contributed by atoms with E-state index in [1.54, 1.807) is 55.6 Å². The number of carbonyl (C=O) groups is 2. The van der Waals surface area contributed by atoms with Gasteiger partial charge in [-0.05, 0) is 36.4 Å². The summed E-state index contributed by atoms with van der Waals surface area (Å²) in [5.41, 5.74) is 1.01. The van der Waals surface area contributed by atoms with Crippen LogP contribution in [0.1, 0.15) is 20.7 Å². The van der Waals surface area contributed by atoms with Crippen molar-refractivity contribution in [1.29, 1.82) is 0 Å². The van der Waals surface area contributed by atoms with Gasteiger partial charge in [0.25, 0.3) is 5.91 Å². The fourth-order valence-corrected chi connectivity index (χ4v) is 3.94. The number of Topliss-reactive ketones (excluding diaryl/α,β-unsaturated/α-hetero) is 1. The molecule has 144 valence electrons. The number of benzene rings is 2. The smallest absolute Gasteiger partial charge is 0.261 e. The SMILES string of the molecule is COc1ccc(C(=O)CSc2nnc(NC(=O)c3ccccc3OC)s2)cc1. The maximum atomic E-state index is 12.4. The molecule has 3 rings (SSSR count). The average Bonchev–Trinajstić information content (AvgIpc) is 3.19. The molecule has 3 aromatic rings. The Morgan fingerprint density at radius 1 is 1.04 bits per heavy atom. The zero-order valence-electron chi connectivity index (χ0n) is 15.2. The molecule has 1 N–H and O–H groups in total. The molecular weight excluding hydrogens is 398 g/mol. The van der Waals surface area contributed by atoms with Crippen molar-refractivity contribution in [3.8, 4) is 11.5 Å². The van der Waals surface area contributed by atoms with Gasteiger partial charge in [-0.1, -0.05) is 35.2 Å². The third-order valence-corrected chi connectivity index (χ3v) is 5.69. The van der Waals surface area contributed by atoms with Gasteiger partial charge < -0.3 is 9.47 Å². The predicted octanol–water partition coefficient (Wildman–Crippen LogP) is 3.78. The van der Waals surface area contributed by atoms with Crippen LogP contribution in [0.15, 0.2) is 52.9 Å². The Labute approximate surface area is 170 Å². The molecule has 1 heterocycles. The van der Waals surface area contributed by atoms with E-state index in [1.807, 2.05) is 0 Å². The van der Waals surface area contributed by atoms with Gasteiger partial charge in [-0.25, -0.2) is 0 Å². The summed E-state index contributed by atoms with van der Waals surface area (Å²) in [4.78, 5) is 24.7. The van der Waals surface area contributed by atoms with Crippen molar-refractivity contribution < 1.29 is 19.1 Å². The number of nitrogens with zero attached hydrogens (tertiary/aromatic N) is 2. The van der Waals surface area contributed by atoms with Crippen molar-refractivity contribution in [2.75, 3.05) is 25.3 Å². The van der Waals surface area contributed by atoms with E-state index in [1.165, 1.54) is 30.2 Å². The molecule has 2 aromatic carbocycles. The summed E-state index contributed by atoms with van der Waals surface area (Å²) >= 11 is 2.48. The number of ether oxygens (including phenoxy) is 2. The largest absolute Gasteiger partial charge is 0.497 e. The van der Waals surface area contributed by atoms with Crippen molar-refractivity contribution in [2.45, 2.75) is 4.34 Å². The Kier molecular flexibility index (Phi) is 6.62. The van der Waals surface area contributed by atoms with Gasteiger partial charge in [0.15, 0.2) is 10.1 Å². The standard InChI is InChI=1S/C19H17N3O4S2/c1-25-13-9-7-12(8-10-13)15(23)11-27-19-22-21-18(28-19)20-17(24)14-5-3-4-6-16(14)26-2/h3-10H,11H2,1-2H3,(H,20,21,24).